The fraction of sp³-hybridized carbons (Fsp3) is 0.900. The molecule has 0 aromatic carbocycles. The van der Waals surface area contributed by atoms with Gasteiger partial charge in [-0.3, -0.25) is 9.69 Å². The van der Waals surface area contributed by atoms with E-state index in [1.54, 1.807) is 0 Å². The maximum absolute atomic E-state index is 11.5. The monoisotopic (exact) mass is 167 g/mol. The molecule has 2 heterocycles. The molecule has 2 saturated heterocycles. The molecule has 0 spiro atoms. The Hall–Kier alpha value is -0.370. The van der Waals surface area contributed by atoms with E-state index in [2.05, 4.69) is 18.7 Å². The summed E-state index contributed by atoms with van der Waals surface area (Å²) in [7, 11) is 0. The summed E-state index contributed by atoms with van der Waals surface area (Å²) in [5.74, 6) is 1.16. The van der Waals surface area contributed by atoms with Crippen molar-refractivity contribution in [2.45, 2.75) is 45.2 Å². The molecule has 2 atom stereocenters. The predicted molar refractivity (Wildman–Crippen MR) is 48.0 cm³/mol. The van der Waals surface area contributed by atoms with Gasteiger partial charge in [0.15, 0.2) is 0 Å². The summed E-state index contributed by atoms with van der Waals surface area (Å²) in [6, 6.07) is 0.817. The zero-order chi connectivity index (χ0) is 8.72. The first-order valence-corrected chi connectivity index (χ1v) is 4.97. The maximum atomic E-state index is 11.5. The van der Waals surface area contributed by atoms with E-state index in [4.69, 9.17) is 0 Å². The van der Waals surface area contributed by atoms with E-state index in [0.717, 1.165) is 19.4 Å². The zero-order valence-electron chi connectivity index (χ0n) is 7.92. The minimum absolute atomic E-state index is 0.273. The molecule has 0 N–H and O–H groups in total. The summed E-state index contributed by atoms with van der Waals surface area (Å²) >= 11 is 0. The van der Waals surface area contributed by atoms with Crippen molar-refractivity contribution in [3.8, 4) is 0 Å². The highest BCUT2D eigenvalue weighted by molar-refractivity contribution is 5.85. The Bertz CT molecular complexity index is 200. The zero-order valence-corrected chi connectivity index (χ0v) is 7.92. The number of rotatable bonds is 1. The van der Waals surface area contributed by atoms with Crippen molar-refractivity contribution in [1.29, 1.82) is 0 Å². The van der Waals surface area contributed by atoms with Crippen LogP contribution >= 0.6 is 0 Å². The van der Waals surface area contributed by atoms with E-state index < -0.39 is 0 Å². The number of carbonyl (C=O) groups excluding carboxylic acids is 1. The third kappa shape index (κ3) is 1.18. The summed E-state index contributed by atoms with van der Waals surface area (Å²) in [5.41, 5.74) is 0. The standard InChI is InChI=1S/C10H17NO/c1-7(2)11-6-8-3-4-9(11)10(12)5-8/h7-9H,3-6H2,1-2H3. The molecule has 2 heteroatoms. The SMILES string of the molecule is CC(C)N1CC2CCC1C(=O)C2. The molecule has 2 aliphatic heterocycles. The molecule has 2 nitrogen and oxygen atoms in total. The molecule has 0 radical (unpaired) electrons. The number of hydrogen-bond acceptors (Lipinski definition) is 2. The van der Waals surface area contributed by atoms with Crippen LogP contribution in [0.3, 0.4) is 0 Å². The second-order valence-corrected chi connectivity index (χ2v) is 4.42. The summed E-state index contributed by atoms with van der Waals surface area (Å²) in [6.45, 7) is 5.54. The molecule has 0 aromatic rings. The lowest BCUT2D eigenvalue weighted by atomic mass is 9.78. The second-order valence-electron chi connectivity index (χ2n) is 4.42. The van der Waals surface area contributed by atoms with Crippen molar-refractivity contribution in [3.63, 3.8) is 0 Å². The first-order chi connectivity index (χ1) is 5.68. The van der Waals surface area contributed by atoms with Gasteiger partial charge in [-0.1, -0.05) is 0 Å². The third-order valence-corrected chi connectivity index (χ3v) is 3.24. The van der Waals surface area contributed by atoms with Crippen LogP contribution in [0.15, 0.2) is 0 Å². The van der Waals surface area contributed by atoms with E-state index in [-0.39, 0.29) is 6.04 Å². The average Bonchev–Trinajstić information content (AvgIpc) is 2.04. The van der Waals surface area contributed by atoms with E-state index in [1.165, 1.54) is 6.42 Å². The summed E-state index contributed by atoms with van der Waals surface area (Å²) < 4.78 is 0. The number of hydrogen-bond donors (Lipinski definition) is 0. The maximum Gasteiger partial charge on any atom is 0.150 e. The average molecular weight is 167 g/mol. The third-order valence-electron chi connectivity index (χ3n) is 3.24. The highest BCUT2D eigenvalue weighted by Gasteiger charge is 2.40. The van der Waals surface area contributed by atoms with Crippen LogP contribution in [0.4, 0.5) is 0 Å². The lowest BCUT2D eigenvalue weighted by Gasteiger charge is -2.46. The Balaban J connectivity index is 2.14. The molecule has 12 heavy (non-hydrogen) atoms. The molecule has 0 aromatic heterocycles. The van der Waals surface area contributed by atoms with E-state index in [0.29, 0.717) is 17.7 Å². The highest BCUT2D eigenvalue weighted by atomic mass is 16.1. The van der Waals surface area contributed by atoms with E-state index in [1.807, 2.05) is 0 Å². The number of carbonyl (C=O) groups is 1. The Morgan fingerprint density at radius 2 is 2.17 bits per heavy atom. The van der Waals surface area contributed by atoms with Crippen molar-refractivity contribution in [1.82, 2.24) is 4.90 Å². The molecular formula is C10H17NO. The molecule has 68 valence electrons. The van der Waals surface area contributed by atoms with Crippen LogP contribution in [-0.2, 0) is 4.79 Å². The van der Waals surface area contributed by atoms with Crippen LogP contribution in [0, 0.1) is 5.92 Å². The number of piperidine rings is 2. The summed E-state index contributed by atoms with van der Waals surface area (Å²) in [6.07, 6.45) is 3.25. The molecular weight excluding hydrogens is 150 g/mol. The number of ketones is 1. The number of fused-ring (bicyclic) bond motifs is 3. The van der Waals surface area contributed by atoms with Gasteiger partial charge in [-0.2, -0.15) is 0 Å². The van der Waals surface area contributed by atoms with Crippen LogP contribution < -0.4 is 0 Å². The molecule has 1 aliphatic carbocycles. The van der Waals surface area contributed by atoms with Gasteiger partial charge in [-0.05, 0) is 32.6 Å². The summed E-state index contributed by atoms with van der Waals surface area (Å²) in [5, 5.41) is 0. The van der Waals surface area contributed by atoms with Crippen LogP contribution in [0.1, 0.15) is 33.1 Å². The van der Waals surface area contributed by atoms with Gasteiger partial charge in [0.1, 0.15) is 5.78 Å². The molecule has 2 unspecified atom stereocenters. The molecule has 3 aliphatic rings. The molecule has 3 rings (SSSR count). The smallest absolute Gasteiger partial charge is 0.150 e. The van der Waals surface area contributed by atoms with Crippen molar-refractivity contribution >= 4 is 5.78 Å². The van der Waals surface area contributed by atoms with Crippen molar-refractivity contribution in [2.24, 2.45) is 5.92 Å². The molecule has 0 amide bonds. The van der Waals surface area contributed by atoms with Crippen molar-refractivity contribution in [3.05, 3.63) is 0 Å². The van der Waals surface area contributed by atoms with E-state index in [9.17, 15) is 4.79 Å². The number of nitrogens with zero attached hydrogens (tertiary/aromatic N) is 1. The first kappa shape index (κ1) is 8.24. The molecule has 3 fully saturated rings. The van der Waals surface area contributed by atoms with Gasteiger partial charge < -0.3 is 0 Å². The summed E-state index contributed by atoms with van der Waals surface area (Å²) in [4.78, 5) is 13.9. The van der Waals surface area contributed by atoms with E-state index >= 15 is 0 Å². The topological polar surface area (TPSA) is 20.3 Å². The van der Waals surface area contributed by atoms with Gasteiger partial charge in [0.25, 0.3) is 0 Å². The fourth-order valence-corrected chi connectivity index (χ4v) is 2.58. The predicted octanol–water partition coefficient (Wildman–Crippen LogP) is 1.45. The van der Waals surface area contributed by atoms with Crippen molar-refractivity contribution in [2.75, 3.05) is 6.54 Å². The Labute approximate surface area is 73.9 Å². The van der Waals surface area contributed by atoms with Gasteiger partial charge in [-0.25, -0.2) is 0 Å². The second kappa shape index (κ2) is 2.84. The Morgan fingerprint density at radius 1 is 1.42 bits per heavy atom. The highest BCUT2D eigenvalue weighted by Crippen LogP contribution is 2.33. The largest absolute Gasteiger partial charge is 0.298 e. The van der Waals surface area contributed by atoms with Crippen LogP contribution in [-0.4, -0.2) is 29.3 Å². The molecule has 1 saturated carbocycles. The van der Waals surface area contributed by atoms with Gasteiger partial charge in [0.2, 0.25) is 0 Å². The minimum Gasteiger partial charge on any atom is -0.298 e. The van der Waals surface area contributed by atoms with Crippen LogP contribution in [0.5, 0.6) is 0 Å². The van der Waals surface area contributed by atoms with Gasteiger partial charge in [0.05, 0.1) is 6.04 Å². The Morgan fingerprint density at radius 3 is 2.58 bits per heavy atom. The van der Waals surface area contributed by atoms with Gasteiger partial charge in [-0.15, -0.1) is 0 Å². The van der Waals surface area contributed by atoms with Gasteiger partial charge in [0, 0.05) is 19.0 Å². The quantitative estimate of drug-likeness (QED) is 0.589. The minimum atomic E-state index is 0.273. The fourth-order valence-electron chi connectivity index (χ4n) is 2.58. The van der Waals surface area contributed by atoms with Crippen LogP contribution in [0.25, 0.3) is 0 Å². The number of Topliss-reactive ketones (excluding diaryl/α,β-unsaturated/α-hetero) is 1. The lowest BCUT2D eigenvalue weighted by Crippen LogP contribution is -2.55. The Kier molecular flexibility index (Phi) is 1.95. The first-order valence-electron chi connectivity index (χ1n) is 4.97. The normalized spacial score (nSPS) is 36.4. The van der Waals surface area contributed by atoms with Crippen LogP contribution in [0.2, 0.25) is 0 Å². The van der Waals surface area contributed by atoms with Crippen molar-refractivity contribution < 1.29 is 4.79 Å². The molecule has 2 bridgehead atoms. The van der Waals surface area contributed by atoms with Gasteiger partial charge >= 0.3 is 0 Å². The lowest BCUT2D eigenvalue weighted by molar-refractivity contribution is -0.134.